The highest BCUT2D eigenvalue weighted by atomic mass is 16.2. The summed E-state index contributed by atoms with van der Waals surface area (Å²) >= 11 is 0. The van der Waals surface area contributed by atoms with Gasteiger partial charge in [-0.05, 0) is 26.3 Å². The second-order valence-corrected chi connectivity index (χ2v) is 5.56. The van der Waals surface area contributed by atoms with E-state index in [2.05, 4.69) is 15.5 Å². The number of hydrogen-bond acceptors (Lipinski definition) is 4. The molecule has 0 spiro atoms. The number of rotatable bonds is 4. The molecule has 0 saturated carbocycles. The van der Waals surface area contributed by atoms with Crippen LogP contribution in [0.2, 0.25) is 0 Å². The molecule has 114 valence electrons. The van der Waals surface area contributed by atoms with Gasteiger partial charge in [-0.15, -0.1) is 0 Å². The van der Waals surface area contributed by atoms with Gasteiger partial charge in [0.25, 0.3) is 0 Å². The molecule has 20 heavy (non-hydrogen) atoms. The molecule has 0 aromatic heterocycles. The summed E-state index contributed by atoms with van der Waals surface area (Å²) in [7, 11) is 0. The maximum atomic E-state index is 12.4. The molecule has 2 N–H and O–H groups in total. The summed E-state index contributed by atoms with van der Waals surface area (Å²) in [4.78, 5) is 27.9. The molecule has 6 heteroatoms. The SMILES string of the molecule is CCNC(=O)CN1CCN(C(=O)[C@@H]2CCCCN2)CC1. The lowest BCUT2D eigenvalue weighted by Gasteiger charge is -2.37. The Balaban J connectivity index is 1.73. The van der Waals surface area contributed by atoms with Crippen LogP contribution in [0.5, 0.6) is 0 Å². The van der Waals surface area contributed by atoms with E-state index in [0.717, 1.165) is 45.6 Å². The first-order valence-electron chi connectivity index (χ1n) is 7.72. The quantitative estimate of drug-likeness (QED) is 0.723. The van der Waals surface area contributed by atoms with Crippen LogP contribution in [-0.4, -0.2) is 73.5 Å². The Morgan fingerprint density at radius 2 is 1.95 bits per heavy atom. The highest BCUT2D eigenvalue weighted by Crippen LogP contribution is 2.11. The van der Waals surface area contributed by atoms with Crippen molar-refractivity contribution in [2.75, 3.05) is 45.8 Å². The van der Waals surface area contributed by atoms with Crippen LogP contribution < -0.4 is 10.6 Å². The third kappa shape index (κ3) is 4.18. The first kappa shape index (κ1) is 15.3. The predicted molar refractivity (Wildman–Crippen MR) is 77.3 cm³/mol. The topological polar surface area (TPSA) is 64.7 Å². The molecule has 2 aliphatic heterocycles. The summed E-state index contributed by atoms with van der Waals surface area (Å²) in [6.45, 7) is 7.03. The molecule has 6 nitrogen and oxygen atoms in total. The Hall–Kier alpha value is -1.14. The molecule has 0 bridgehead atoms. The van der Waals surface area contributed by atoms with Crippen molar-refractivity contribution in [2.24, 2.45) is 0 Å². The van der Waals surface area contributed by atoms with Gasteiger partial charge in [-0.2, -0.15) is 0 Å². The van der Waals surface area contributed by atoms with Crippen LogP contribution in [0.25, 0.3) is 0 Å². The average Bonchev–Trinajstić information content (AvgIpc) is 2.48. The van der Waals surface area contributed by atoms with Crippen LogP contribution >= 0.6 is 0 Å². The zero-order valence-corrected chi connectivity index (χ0v) is 12.4. The summed E-state index contributed by atoms with van der Waals surface area (Å²) in [5.74, 6) is 0.309. The molecule has 2 heterocycles. The number of piperazine rings is 1. The lowest BCUT2D eigenvalue weighted by molar-refractivity contribution is -0.136. The van der Waals surface area contributed by atoms with Crippen molar-refractivity contribution in [1.82, 2.24) is 20.4 Å². The number of nitrogens with one attached hydrogen (secondary N) is 2. The van der Waals surface area contributed by atoms with Crippen LogP contribution in [-0.2, 0) is 9.59 Å². The zero-order valence-electron chi connectivity index (χ0n) is 12.4. The van der Waals surface area contributed by atoms with Gasteiger partial charge in [-0.25, -0.2) is 0 Å². The molecule has 0 radical (unpaired) electrons. The minimum Gasteiger partial charge on any atom is -0.355 e. The highest BCUT2D eigenvalue weighted by molar-refractivity contribution is 5.82. The fourth-order valence-electron chi connectivity index (χ4n) is 2.87. The van der Waals surface area contributed by atoms with E-state index in [1.54, 1.807) is 0 Å². The third-order valence-electron chi connectivity index (χ3n) is 4.03. The smallest absolute Gasteiger partial charge is 0.239 e. The zero-order chi connectivity index (χ0) is 14.4. The summed E-state index contributed by atoms with van der Waals surface area (Å²) in [6, 6.07) is 0.0127. The Kier molecular flexibility index (Phi) is 5.79. The second-order valence-electron chi connectivity index (χ2n) is 5.56. The van der Waals surface area contributed by atoms with Gasteiger partial charge in [-0.3, -0.25) is 14.5 Å². The first-order valence-corrected chi connectivity index (χ1v) is 7.72. The van der Waals surface area contributed by atoms with Gasteiger partial charge >= 0.3 is 0 Å². The van der Waals surface area contributed by atoms with Crippen molar-refractivity contribution >= 4 is 11.8 Å². The Bertz CT molecular complexity index is 334. The number of amides is 2. The highest BCUT2D eigenvalue weighted by Gasteiger charge is 2.28. The van der Waals surface area contributed by atoms with Gasteiger partial charge in [0.05, 0.1) is 12.6 Å². The fourth-order valence-corrected chi connectivity index (χ4v) is 2.87. The van der Waals surface area contributed by atoms with Crippen LogP contribution in [0, 0.1) is 0 Å². The van der Waals surface area contributed by atoms with E-state index in [9.17, 15) is 9.59 Å². The minimum absolute atomic E-state index is 0.0127. The maximum Gasteiger partial charge on any atom is 0.239 e. The van der Waals surface area contributed by atoms with Crippen LogP contribution in [0.15, 0.2) is 0 Å². The maximum absolute atomic E-state index is 12.4. The number of carbonyl (C=O) groups is 2. The Morgan fingerprint density at radius 1 is 1.20 bits per heavy atom. The minimum atomic E-state index is 0.0127. The average molecular weight is 282 g/mol. The Labute approximate surface area is 120 Å². The third-order valence-corrected chi connectivity index (χ3v) is 4.03. The van der Waals surface area contributed by atoms with Crippen molar-refractivity contribution in [3.63, 3.8) is 0 Å². The van der Waals surface area contributed by atoms with Gasteiger partial charge in [-0.1, -0.05) is 6.42 Å². The lowest BCUT2D eigenvalue weighted by atomic mass is 10.0. The lowest BCUT2D eigenvalue weighted by Crippen LogP contribution is -2.56. The molecule has 2 amide bonds. The molecule has 0 aromatic rings. The molecular formula is C14H26N4O2. The van der Waals surface area contributed by atoms with E-state index < -0.39 is 0 Å². The molecule has 0 unspecified atom stereocenters. The van der Waals surface area contributed by atoms with E-state index >= 15 is 0 Å². The summed E-state index contributed by atoms with van der Waals surface area (Å²) in [6.07, 6.45) is 3.27. The van der Waals surface area contributed by atoms with E-state index in [4.69, 9.17) is 0 Å². The summed E-state index contributed by atoms with van der Waals surface area (Å²) < 4.78 is 0. The molecule has 0 aromatic carbocycles. The number of hydrogen-bond donors (Lipinski definition) is 2. The number of piperidine rings is 1. The molecule has 2 rings (SSSR count). The molecule has 0 aliphatic carbocycles. The van der Waals surface area contributed by atoms with E-state index in [1.807, 2.05) is 11.8 Å². The predicted octanol–water partition coefficient (Wildman–Crippen LogP) is -0.591. The van der Waals surface area contributed by atoms with Gasteiger partial charge < -0.3 is 15.5 Å². The fraction of sp³-hybridized carbons (Fsp3) is 0.857. The van der Waals surface area contributed by atoms with E-state index in [-0.39, 0.29) is 17.9 Å². The van der Waals surface area contributed by atoms with Crippen LogP contribution in [0.4, 0.5) is 0 Å². The van der Waals surface area contributed by atoms with Gasteiger partial charge in [0.1, 0.15) is 0 Å². The van der Waals surface area contributed by atoms with Gasteiger partial charge in [0.2, 0.25) is 11.8 Å². The molecule has 1 atom stereocenters. The van der Waals surface area contributed by atoms with Gasteiger partial charge in [0, 0.05) is 32.7 Å². The summed E-state index contributed by atoms with van der Waals surface area (Å²) in [5.41, 5.74) is 0. The molecule has 2 aliphatic rings. The molecule has 2 fully saturated rings. The standard InChI is InChI=1S/C14H26N4O2/c1-2-15-13(19)11-17-7-9-18(10-8-17)14(20)12-5-3-4-6-16-12/h12,16H,2-11H2,1H3,(H,15,19)/t12-/m0/s1. The van der Waals surface area contributed by atoms with Gasteiger partial charge in [0.15, 0.2) is 0 Å². The van der Waals surface area contributed by atoms with Crippen molar-refractivity contribution < 1.29 is 9.59 Å². The monoisotopic (exact) mass is 282 g/mol. The summed E-state index contributed by atoms with van der Waals surface area (Å²) in [5, 5.41) is 6.11. The number of likely N-dealkylation sites (N-methyl/N-ethyl adjacent to an activating group) is 1. The molecular weight excluding hydrogens is 256 g/mol. The normalized spacial score (nSPS) is 24.4. The van der Waals surface area contributed by atoms with Crippen LogP contribution in [0.1, 0.15) is 26.2 Å². The number of carbonyl (C=O) groups excluding carboxylic acids is 2. The molecule has 2 saturated heterocycles. The van der Waals surface area contributed by atoms with Crippen molar-refractivity contribution in [2.45, 2.75) is 32.2 Å². The largest absolute Gasteiger partial charge is 0.355 e. The van der Waals surface area contributed by atoms with Crippen molar-refractivity contribution in [3.05, 3.63) is 0 Å². The van der Waals surface area contributed by atoms with Crippen LogP contribution in [0.3, 0.4) is 0 Å². The first-order chi connectivity index (χ1) is 9.70. The van der Waals surface area contributed by atoms with Crippen molar-refractivity contribution in [3.8, 4) is 0 Å². The van der Waals surface area contributed by atoms with Crippen molar-refractivity contribution in [1.29, 1.82) is 0 Å². The Morgan fingerprint density at radius 3 is 2.55 bits per heavy atom. The van der Waals surface area contributed by atoms with E-state index in [1.165, 1.54) is 6.42 Å². The van der Waals surface area contributed by atoms with E-state index in [0.29, 0.717) is 13.1 Å². The number of nitrogens with zero attached hydrogens (tertiary/aromatic N) is 2. The second kappa shape index (κ2) is 7.59.